The maximum atomic E-state index is 12.8. The average Bonchev–Trinajstić information content (AvgIpc) is 2.67. The van der Waals surface area contributed by atoms with Crippen LogP contribution in [0.15, 0.2) is 48.5 Å². The number of rotatable bonds is 9. The quantitative estimate of drug-likeness (QED) is 0.663. The number of carbonyl (C=O) groups excluding carboxylic acids is 1. The molecular formula is C20H25FN2O3. The van der Waals surface area contributed by atoms with Crippen LogP contribution in [0.4, 0.5) is 9.18 Å². The Kier molecular flexibility index (Phi) is 7.74. The van der Waals surface area contributed by atoms with Crippen molar-refractivity contribution < 1.29 is 18.7 Å². The maximum absolute atomic E-state index is 12.8. The maximum Gasteiger partial charge on any atom is 0.315 e. The number of hydrogen-bond donors (Lipinski definition) is 2. The summed E-state index contributed by atoms with van der Waals surface area (Å²) in [6.45, 7) is 2.96. The van der Waals surface area contributed by atoms with Crippen molar-refractivity contribution in [3.8, 4) is 11.5 Å². The first-order valence-corrected chi connectivity index (χ1v) is 8.69. The van der Waals surface area contributed by atoms with Crippen molar-refractivity contribution in [3.63, 3.8) is 0 Å². The van der Waals surface area contributed by atoms with Gasteiger partial charge in [-0.15, -0.1) is 0 Å². The molecule has 2 aromatic rings. The van der Waals surface area contributed by atoms with E-state index in [0.717, 1.165) is 17.7 Å². The molecule has 2 rings (SSSR count). The number of halogens is 1. The molecule has 6 heteroatoms. The number of nitrogens with one attached hydrogen (secondary N) is 2. The normalized spacial score (nSPS) is 11.5. The SMILES string of the molecule is CCC(NC(=O)NCCCOc1ccc(F)cc1)c1ccc(OC)cc1. The molecule has 0 radical (unpaired) electrons. The van der Waals surface area contributed by atoms with Gasteiger partial charge in [-0.25, -0.2) is 9.18 Å². The molecule has 0 saturated carbocycles. The summed E-state index contributed by atoms with van der Waals surface area (Å²) in [4.78, 5) is 12.1. The third-order valence-electron chi connectivity index (χ3n) is 3.92. The Bertz CT molecular complexity index is 674. The smallest absolute Gasteiger partial charge is 0.315 e. The van der Waals surface area contributed by atoms with Crippen LogP contribution in [0.2, 0.25) is 0 Å². The van der Waals surface area contributed by atoms with Crippen molar-refractivity contribution >= 4 is 6.03 Å². The summed E-state index contributed by atoms with van der Waals surface area (Å²) in [5.74, 6) is 1.11. The van der Waals surface area contributed by atoms with Gasteiger partial charge in [0.15, 0.2) is 0 Å². The number of benzene rings is 2. The van der Waals surface area contributed by atoms with Crippen LogP contribution in [0.5, 0.6) is 11.5 Å². The molecule has 2 N–H and O–H groups in total. The van der Waals surface area contributed by atoms with Gasteiger partial charge in [0.2, 0.25) is 0 Å². The number of methoxy groups -OCH3 is 1. The zero-order chi connectivity index (χ0) is 18.8. The van der Waals surface area contributed by atoms with Crippen molar-refractivity contribution in [2.24, 2.45) is 0 Å². The Labute approximate surface area is 153 Å². The first-order chi connectivity index (χ1) is 12.6. The highest BCUT2D eigenvalue weighted by atomic mass is 19.1. The number of hydrogen-bond acceptors (Lipinski definition) is 3. The second-order valence-electron chi connectivity index (χ2n) is 5.79. The van der Waals surface area contributed by atoms with E-state index in [1.165, 1.54) is 12.1 Å². The summed E-state index contributed by atoms with van der Waals surface area (Å²) in [6.07, 6.45) is 1.44. The summed E-state index contributed by atoms with van der Waals surface area (Å²) < 4.78 is 23.4. The fourth-order valence-corrected chi connectivity index (χ4v) is 2.46. The molecule has 140 valence electrons. The minimum absolute atomic E-state index is 0.0589. The van der Waals surface area contributed by atoms with E-state index >= 15 is 0 Å². The molecule has 1 atom stereocenters. The highest BCUT2D eigenvalue weighted by molar-refractivity contribution is 5.74. The lowest BCUT2D eigenvalue weighted by atomic mass is 10.0. The van der Waals surface area contributed by atoms with E-state index in [1.807, 2.05) is 31.2 Å². The molecule has 26 heavy (non-hydrogen) atoms. The van der Waals surface area contributed by atoms with Crippen LogP contribution in [-0.4, -0.2) is 26.3 Å². The Balaban J connectivity index is 1.68. The van der Waals surface area contributed by atoms with Crippen molar-refractivity contribution in [1.82, 2.24) is 10.6 Å². The zero-order valence-electron chi connectivity index (χ0n) is 15.1. The molecule has 0 aromatic heterocycles. The lowest BCUT2D eigenvalue weighted by Gasteiger charge is -2.18. The largest absolute Gasteiger partial charge is 0.497 e. The lowest BCUT2D eigenvalue weighted by molar-refractivity contribution is 0.235. The zero-order valence-corrected chi connectivity index (χ0v) is 15.1. The molecule has 2 aromatic carbocycles. The minimum Gasteiger partial charge on any atom is -0.497 e. The first kappa shape index (κ1) is 19.6. The Hall–Kier alpha value is -2.76. The highest BCUT2D eigenvalue weighted by Crippen LogP contribution is 2.19. The predicted molar refractivity (Wildman–Crippen MR) is 99.1 cm³/mol. The van der Waals surface area contributed by atoms with Gasteiger partial charge in [-0.3, -0.25) is 0 Å². The van der Waals surface area contributed by atoms with E-state index in [0.29, 0.717) is 25.3 Å². The van der Waals surface area contributed by atoms with Gasteiger partial charge in [-0.1, -0.05) is 19.1 Å². The van der Waals surface area contributed by atoms with E-state index in [2.05, 4.69) is 10.6 Å². The van der Waals surface area contributed by atoms with E-state index in [1.54, 1.807) is 19.2 Å². The van der Waals surface area contributed by atoms with Crippen LogP contribution in [0.3, 0.4) is 0 Å². The van der Waals surface area contributed by atoms with Gasteiger partial charge in [0, 0.05) is 6.54 Å². The highest BCUT2D eigenvalue weighted by Gasteiger charge is 2.12. The van der Waals surface area contributed by atoms with Gasteiger partial charge in [0.05, 0.1) is 19.8 Å². The van der Waals surface area contributed by atoms with E-state index in [4.69, 9.17) is 9.47 Å². The van der Waals surface area contributed by atoms with Gasteiger partial charge in [-0.2, -0.15) is 0 Å². The van der Waals surface area contributed by atoms with Crippen LogP contribution in [-0.2, 0) is 0 Å². The lowest BCUT2D eigenvalue weighted by Crippen LogP contribution is -2.38. The van der Waals surface area contributed by atoms with Crippen LogP contribution in [0.25, 0.3) is 0 Å². The Morgan fingerprint density at radius 1 is 1.08 bits per heavy atom. The molecule has 2 amide bonds. The van der Waals surface area contributed by atoms with Gasteiger partial charge >= 0.3 is 6.03 Å². The van der Waals surface area contributed by atoms with Gasteiger partial charge in [0.1, 0.15) is 17.3 Å². The molecule has 0 fully saturated rings. The third kappa shape index (κ3) is 6.27. The number of carbonyl (C=O) groups is 1. The summed E-state index contributed by atoms with van der Waals surface area (Å²) in [5, 5.41) is 5.78. The fraction of sp³-hybridized carbons (Fsp3) is 0.350. The Morgan fingerprint density at radius 3 is 2.35 bits per heavy atom. The topological polar surface area (TPSA) is 59.6 Å². The van der Waals surface area contributed by atoms with Crippen LogP contribution >= 0.6 is 0 Å². The Morgan fingerprint density at radius 2 is 1.73 bits per heavy atom. The van der Waals surface area contributed by atoms with E-state index in [-0.39, 0.29) is 17.9 Å². The molecule has 5 nitrogen and oxygen atoms in total. The molecular weight excluding hydrogens is 335 g/mol. The molecule has 1 unspecified atom stereocenters. The molecule has 0 bridgehead atoms. The average molecular weight is 360 g/mol. The summed E-state index contributed by atoms with van der Waals surface area (Å²) in [5.41, 5.74) is 1.03. The summed E-state index contributed by atoms with van der Waals surface area (Å²) in [6, 6.07) is 13.2. The first-order valence-electron chi connectivity index (χ1n) is 8.69. The van der Waals surface area contributed by atoms with Crippen LogP contribution in [0.1, 0.15) is 31.4 Å². The molecule has 0 spiro atoms. The van der Waals surface area contributed by atoms with E-state index in [9.17, 15) is 9.18 Å². The van der Waals surface area contributed by atoms with Crippen LogP contribution < -0.4 is 20.1 Å². The molecule has 0 saturated heterocycles. The van der Waals surface area contributed by atoms with Crippen molar-refractivity contribution in [2.75, 3.05) is 20.3 Å². The van der Waals surface area contributed by atoms with Gasteiger partial charge < -0.3 is 20.1 Å². The van der Waals surface area contributed by atoms with Gasteiger partial charge in [0.25, 0.3) is 0 Å². The second-order valence-corrected chi connectivity index (χ2v) is 5.79. The monoisotopic (exact) mass is 360 g/mol. The van der Waals surface area contributed by atoms with Crippen molar-refractivity contribution in [3.05, 3.63) is 59.9 Å². The van der Waals surface area contributed by atoms with Gasteiger partial charge in [-0.05, 0) is 54.8 Å². The molecule has 0 heterocycles. The van der Waals surface area contributed by atoms with Crippen molar-refractivity contribution in [1.29, 1.82) is 0 Å². The molecule has 0 aliphatic heterocycles. The third-order valence-corrected chi connectivity index (χ3v) is 3.92. The number of amides is 2. The van der Waals surface area contributed by atoms with E-state index < -0.39 is 0 Å². The van der Waals surface area contributed by atoms with Crippen molar-refractivity contribution in [2.45, 2.75) is 25.8 Å². The second kappa shape index (κ2) is 10.3. The standard InChI is InChI=1S/C20H25FN2O3/c1-3-19(15-5-9-17(25-2)10-6-15)23-20(24)22-13-4-14-26-18-11-7-16(21)8-12-18/h5-12,19H,3-4,13-14H2,1-2H3,(H2,22,23,24). The fourth-order valence-electron chi connectivity index (χ4n) is 2.46. The number of ether oxygens (including phenoxy) is 2. The predicted octanol–water partition coefficient (Wildman–Crippen LogP) is 4.05. The molecule has 0 aliphatic rings. The molecule has 0 aliphatic carbocycles. The summed E-state index contributed by atoms with van der Waals surface area (Å²) in [7, 11) is 1.62. The van der Waals surface area contributed by atoms with Crippen LogP contribution in [0, 0.1) is 5.82 Å². The minimum atomic E-state index is -0.293. The summed E-state index contributed by atoms with van der Waals surface area (Å²) >= 11 is 0. The number of urea groups is 1.